The molecule has 1 amide bonds. The molecule has 1 N–H and O–H groups in total. The first-order valence-electron chi connectivity index (χ1n) is 7.75. The van der Waals surface area contributed by atoms with Crippen LogP contribution in [0.25, 0.3) is 0 Å². The van der Waals surface area contributed by atoms with Crippen molar-refractivity contribution in [2.24, 2.45) is 5.92 Å². The first-order chi connectivity index (χ1) is 10.7. The first kappa shape index (κ1) is 15.0. The standard InChI is InChI=1S/C16H20N2O4/c19-15(12-3-4-13(16(20)21)17-10-12)18-7-1-2-14(18)11-5-8-22-9-6-11/h3-4,10-11,14H,1-2,5-9H2,(H,20,21). The normalized spacial score (nSPS) is 22.7. The highest BCUT2D eigenvalue weighted by Crippen LogP contribution is 2.31. The number of likely N-dealkylation sites (tertiary alicyclic amines) is 1. The van der Waals surface area contributed by atoms with Crippen molar-refractivity contribution in [2.45, 2.75) is 31.7 Å². The number of nitrogens with zero attached hydrogens (tertiary/aromatic N) is 2. The highest BCUT2D eigenvalue weighted by molar-refractivity contribution is 5.95. The summed E-state index contributed by atoms with van der Waals surface area (Å²) in [6, 6.07) is 3.21. The summed E-state index contributed by atoms with van der Waals surface area (Å²) in [5.74, 6) is -0.620. The van der Waals surface area contributed by atoms with E-state index in [4.69, 9.17) is 9.84 Å². The molecule has 118 valence electrons. The fraction of sp³-hybridized carbons (Fsp3) is 0.562. The number of carbonyl (C=O) groups excluding carboxylic acids is 1. The number of ether oxygens (including phenoxy) is 1. The summed E-state index contributed by atoms with van der Waals surface area (Å²) in [5, 5.41) is 8.87. The molecule has 1 unspecified atom stereocenters. The Labute approximate surface area is 129 Å². The minimum atomic E-state index is -1.08. The number of aromatic carboxylic acids is 1. The van der Waals surface area contributed by atoms with Crippen LogP contribution in [-0.4, -0.2) is 52.7 Å². The Morgan fingerprint density at radius 2 is 2.00 bits per heavy atom. The molecule has 1 atom stereocenters. The van der Waals surface area contributed by atoms with Crippen LogP contribution in [0.3, 0.4) is 0 Å². The van der Waals surface area contributed by atoms with Gasteiger partial charge < -0.3 is 14.7 Å². The van der Waals surface area contributed by atoms with Gasteiger partial charge in [-0.3, -0.25) is 4.79 Å². The zero-order valence-electron chi connectivity index (χ0n) is 12.4. The molecule has 0 bridgehead atoms. The van der Waals surface area contributed by atoms with E-state index in [0.717, 1.165) is 45.4 Å². The van der Waals surface area contributed by atoms with Crippen molar-refractivity contribution in [1.82, 2.24) is 9.88 Å². The molecular formula is C16H20N2O4. The van der Waals surface area contributed by atoms with Gasteiger partial charge in [-0.15, -0.1) is 0 Å². The maximum atomic E-state index is 12.7. The van der Waals surface area contributed by atoms with Gasteiger partial charge in [0.1, 0.15) is 5.69 Å². The van der Waals surface area contributed by atoms with Crippen LogP contribution in [-0.2, 0) is 4.74 Å². The fourth-order valence-electron chi connectivity index (χ4n) is 3.45. The molecule has 0 saturated carbocycles. The summed E-state index contributed by atoms with van der Waals surface area (Å²) in [6.45, 7) is 2.32. The molecule has 1 aromatic heterocycles. The van der Waals surface area contributed by atoms with Gasteiger partial charge in [0.2, 0.25) is 0 Å². The maximum Gasteiger partial charge on any atom is 0.354 e. The summed E-state index contributed by atoms with van der Waals surface area (Å²) in [4.78, 5) is 29.3. The van der Waals surface area contributed by atoms with E-state index in [1.54, 1.807) is 6.07 Å². The minimum absolute atomic E-state index is 0.0426. The van der Waals surface area contributed by atoms with Crippen LogP contribution >= 0.6 is 0 Å². The van der Waals surface area contributed by atoms with Crippen molar-refractivity contribution < 1.29 is 19.4 Å². The molecule has 0 aliphatic carbocycles. The third kappa shape index (κ3) is 2.97. The van der Waals surface area contributed by atoms with E-state index < -0.39 is 5.97 Å². The van der Waals surface area contributed by atoms with Crippen molar-refractivity contribution in [1.29, 1.82) is 0 Å². The lowest BCUT2D eigenvalue weighted by Crippen LogP contribution is -2.42. The second kappa shape index (κ2) is 6.44. The third-order valence-electron chi connectivity index (χ3n) is 4.60. The maximum absolute atomic E-state index is 12.7. The number of carboxylic acids is 1. The van der Waals surface area contributed by atoms with Gasteiger partial charge in [-0.2, -0.15) is 0 Å². The quantitative estimate of drug-likeness (QED) is 0.921. The van der Waals surface area contributed by atoms with Gasteiger partial charge in [0.05, 0.1) is 5.56 Å². The average Bonchev–Trinajstić information content (AvgIpc) is 3.04. The molecule has 1 aromatic rings. The molecule has 2 aliphatic heterocycles. The number of pyridine rings is 1. The van der Waals surface area contributed by atoms with Crippen LogP contribution in [0.1, 0.15) is 46.5 Å². The zero-order valence-corrected chi connectivity index (χ0v) is 12.4. The largest absolute Gasteiger partial charge is 0.477 e. The molecule has 22 heavy (non-hydrogen) atoms. The topological polar surface area (TPSA) is 79.7 Å². The van der Waals surface area contributed by atoms with Gasteiger partial charge in [0, 0.05) is 32.0 Å². The SMILES string of the molecule is O=C(O)c1ccc(C(=O)N2CCCC2C2CCOCC2)cn1. The van der Waals surface area contributed by atoms with E-state index in [1.807, 2.05) is 4.90 Å². The van der Waals surface area contributed by atoms with Crippen molar-refractivity contribution in [2.75, 3.05) is 19.8 Å². The number of amides is 1. The van der Waals surface area contributed by atoms with Gasteiger partial charge in [-0.25, -0.2) is 9.78 Å². The second-order valence-corrected chi connectivity index (χ2v) is 5.90. The molecule has 6 heteroatoms. The molecule has 2 saturated heterocycles. The molecule has 0 spiro atoms. The van der Waals surface area contributed by atoms with E-state index in [2.05, 4.69) is 4.98 Å². The van der Waals surface area contributed by atoms with Gasteiger partial charge in [-0.05, 0) is 43.7 Å². The van der Waals surface area contributed by atoms with Crippen molar-refractivity contribution in [3.05, 3.63) is 29.6 Å². The molecule has 3 rings (SSSR count). The Morgan fingerprint density at radius 1 is 1.23 bits per heavy atom. The molecule has 3 heterocycles. The summed E-state index contributed by atoms with van der Waals surface area (Å²) in [5.41, 5.74) is 0.419. The van der Waals surface area contributed by atoms with Gasteiger partial charge in [-0.1, -0.05) is 0 Å². The van der Waals surface area contributed by atoms with E-state index >= 15 is 0 Å². The van der Waals surface area contributed by atoms with E-state index in [0.29, 0.717) is 11.5 Å². The van der Waals surface area contributed by atoms with E-state index in [1.165, 1.54) is 12.3 Å². The van der Waals surface area contributed by atoms with Crippen LogP contribution in [0.4, 0.5) is 0 Å². The lowest BCUT2D eigenvalue weighted by Gasteiger charge is -2.34. The Hall–Kier alpha value is -1.95. The lowest BCUT2D eigenvalue weighted by atomic mass is 9.90. The molecule has 0 aromatic carbocycles. The Balaban J connectivity index is 1.73. The summed E-state index contributed by atoms with van der Waals surface area (Å²) in [6.07, 6.45) is 5.44. The van der Waals surface area contributed by atoms with Crippen molar-refractivity contribution in [3.63, 3.8) is 0 Å². The zero-order chi connectivity index (χ0) is 15.5. The number of hydrogen-bond acceptors (Lipinski definition) is 4. The highest BCUT2D eigenvalue weighted by atomic mass is 16.5. The number of rotatable bonds is 3. The molecule has 6 nitrogen and oxygen atoms in total. The van der Waals surface area contributed by atoms with E-state index in [-0.39, 0.29) is 17.6 Å². The van der Waals surface area contributed by atoms with Gasteiger partial charge >= 0.3 is 5.97 Å². The van der Waals surface area contributed by atoms with Crippen LogP contribution in [0, 0.1) is 5.92 Å². The third-order valence-corrected chi connectivity index (χ3v) is 4.60. The number of aromatic nitrogens is 1. The Morgan fingerprint density at radius 3 is 2.64 bits per heavy atom. The van der Waals surface area contributed by atoms with Gasteiger partial charge in [0.15, 0.2) is 0 Å². The Bertz CT molecular complexity index is 552. The number of carboxylic acid groups (broad SMARTS) is 1. The van der Waals surface area contributed by atoms with E-state index in [9.17, 15) is 9.59 Å². The number of carbonyl (C=O) groups is 2. The first-order valence-corrected chi connectivity index (χ1v) is 7.75. The summed E-state index contributed by atoms with van der Waals surface area (Å²) in [7, 11) is 0. The van der Waals surface area contributed by atoms with Crippen LogP contribution in [0.2, 0.25) is 0 Å². The number of hydrogen-bond donors (Lipinski definition) is 1. The summed E-state index contributed by atoms with van der Waals surface area (Å²) >= 11 is 0. The predicted octanol–water partition coefficient (Wildman–Crippen LogP) is 1.81. The second-order valence-electron chi connectivity index (χ2n) is 5.90. The minimum Gasteiger partial charge on any atom is -0.477 e. The summed E-state index contributed by atoms with van der Waals surface area (Å²) < 4.78 is 5.41. The smallest absolute Gasteiger partial charge is 0.354 e. The molecule has 2 aliphatic rings. The molecule has 0 radical (unpaired) electrons. The predicted molar refractivity (Wildman–Crippen MR) is 78.8 cm³/mol. The van der Waals surface area contributed by atoms with Crippen LogP contribution in [0.15, 0.2) is 18.3 Å². The van der Waals surface area contributed by atoms with Crippen molar-refractivity contribution in [3.8, 4) is 0 Å². The monoisotopic (exact) mass is 304 g/mol. The fourth-order valence-corrected chi connectivity index (χ4v) is 3.45. The molecular weight excluding hydrogens is 284 g/mol. The van der Waals surface area contributed by atoms with Crippen LogP contribution in [0.5, 0.6) is 0 Å². The van der Waals surface area contributed by atoms with Crippen molar-refractivity contribution >= 4 is 11.9 Å². The molecule has 2 fully saturated rings. The highest BCUT2D eigenvalue weighted by Gasteiger charge is 2.35. The Kier molecular flexibility index (Phi) is 4.38. The van der Waals surface area contributed by atoms with Gasteiger partial charge in [0.25, 0.3) is 5.91 Å². The van der Waals surface area contributed by atoms with Crippen LogP contribution < -0.4 is 0 Å². The average molecular weight is 304 g/mol. The lowest BCUT2D eigenvalue weighted by molar-refractivity contribution is 0.0322.